The van der Waals surface area contributed by atoms with E-state index in [1.165, 1.54) is 18.2 Å². The average molecular weight is 314 g/mol. The lowest BCUT2D eigenvalue weighted by atomic mass is 10.1. The van der Waals surface area contributed by atoms with Crippen LogP contribution in [0, 0.1) is 11.6 Å². The largest absolute Gasteiger partial charge is 0.382 e. The molecule has 1 aliphatic rings. The summed E-state index contributed by atoms with van der Waals surface area (Å²) in [6, 6.07) is 3.46. The summed E-state index contributed by atoms with van der Waals surface area (Å²) < 4.78 is 37.4. The lowest BCUT2D eigenvalue weighted by Gasteiger charge is -2.32. The Kier molecular flexibility index (Phi) is 6.09. The van der Waals surface area contributed by atoms with Gasteiger partial charge < -0.3 is 19.7 Å². The molecule has 1 aliphatic heterocycles. The summed E-state index contributed by atoms with van der Waals surface area (Å²) in [6.07, 6.45) is -0.0377. The zero-order chi connectivity index (χ0) is 15.9. The van der Waals surface area contributed by atoms with Crippen molar-refractivity contribution < 1.29 is 23.0 Å². The van der Waals surface area contributed by atoms with Gasteiger partial charge in [-0.15, -0.1) is 0 Å². The van der Waals surface area contributed by atoms with Crippen LogP contribution in [0.3, 0.4) is 0 Å². The van der Waals surface area contributed by atoms with E-state index in [9.17, 15) is 13.6 Å². The van der Waals surface area contributed by atoms with Gasteiger partial charge in [-0.1, -0.05) is 6.07 Å². The van der Waals surface area contributed by atoms with Gasteiger partial charge in [-0.25, -0.2) is 13.6 Å². The van der Waals surface area contributed by atoms with Gasteiger partial charge in [0.2, 0.25) is 0 Å². The molecule has 1 aromatic carbocycles. The van der Waals surface area contributed by atoms with Crippen LogP contribution in [0.25, 0.3) is 0 Å². The van der Waals surface area contributed by atoms with Gasteiger partial charge in [0.15, 0.2) is 0 Å². The van der Waals surface area contributed by atoms with E-state index < -0.39 is 11.6 Å². The van der Waals surface area contributed by atoms with Crippen LogP contribution in [-0.4, -0.2) is 57.0 Å². The van der Waals surface area contributed by atoms with Gasteiger partial charge in [0.05, 0.1) is 25.9 Å². The van der Waals surface area contributed by atoms with Crippen molar-refractivity contribution in [3.8, 4) is 0 Å². The molecule has 22 heavy (non-hydrogen) atoms. The summed E-state index contributed by atoms with van der Waals surface area (Å²) in [5.74, 6) is -1.19. The van der Waals surface area contributed by atoms with E-state index in [1.54, 1.807) is 12.0 Å². The Morgan fingerprint density at radius 3 is 2.86 bits per heavy atom. The van der Waals surface area contributed by atoms with Crippen molar-refractivity contribution in [2.75, 3.05) is 40.0 Å². The second kappa shape index (κ2) is 8.05. The fourth-order valence-electron chi connectivity index (χ4n) is 2.37. The number of carbonyl (C=O) groups excluding carboxylic acids is 1. The number of hydrogen-bond acceptors (Lipinski definition) is 3. The molecule has 1 aromatic rings. The zero-order valence-corrected chi connectivity index (χ0v) is 12.5. The molecule has 0 aliphatic carbocycles. The quantitative estimate of drug-likeness (QED) is 0.897. The Balaban J connectivity index is 1.80. The van der Waals surface area contributed by atoms with Gasteiger partial charge in [-0.3, -0.25) is 0 Å². The standard InChI is InChI=1S/C15H20F2N2O3/c1-21-10-11-9-19(7-8-22-11)15(20)18-6-5-12-13(16)3-2-4-14(12)17/h2-4,11H,5-10H2,1H3,(H,18,20)/t11-/m0/s1. The molecule has 5 nitrogen and oxygen atoms in total. The van der Waals surface area contributed by atoms with Crippen molar-refractivity contribution in [3.05, 3.63) is 35.4 Å². The van der Waals surface area contributed by atoms with Crippen molar-refractivity contribution in [2.45, 2.75) is 12.5 Å². The van der Waals surface area contributed by atoms with E-state index in [0.29, 0.717) is 26.3 Å². The number of hydrogen-bond donors (Lipinski definition) is 1. The van der Waals surface area contributed by atoms with Crippen molar-refractivity contribution in [3.63, 3.8) is 0 Å². The van der Waals surface area contributed by atoms with E-state index in [0.717, 1.165) is 0 Å². The number of morpholine rings is 1. The molecule has 1 atom stereocenters. The molecule has 0 bridgehead atoms. The molecular formula is C15H20F2N2O3. The number of nitrogens with zero attached hydrogens (tertiary/aromatic N) is 1. The van der Waals surface area contributed by atoms with Gasteiger partial charge >= 0.3 is 6.03 Å². The minimum atomic E-state index is -0.596. The van der Waals surface area contributed by atoms with Crippen LogP contribution in [0.2, 0.25) is 0 Å². The highest BCUT2D eigenvalue weighted by atomic mass is 19.1. The Morgan fingerprint density at radius 1 is 1.45 bits per heavy atom. The Labute approximate surface area is 128 Å². The van der Waals surface area contributed by atoms with Crippen molar-refractivity contribution in [2.24, 2.45) is 0 Å². The highest BCUT2D eigenvalue weighted by molar-refractivity contribution is 5.74. The van der Waals surface area contributed by atoms with Crippen molar-refractivity contribution >= 4 is 6.03 Å². The highest BCUT2D eigenvalue weighted by Crippen LogP contribution is 2.12. The smallest absolute Gasteiger partial charge is 0.317 e. The molecule has 7 heteroatoms. The fourth-order valence-corrected chi connectivity index (χ4v) is 2.37. The molecular weight excluding hydrogens is 294 g/mol. The number of amides is 2. The third-order valence-corrected chi connectivity index (χ3v) is 3.49. The third kappa shape index (κ3) is 4.38. The lowest BCUT2D eigenvalue weighted by molar-refractivity contribution is -0.0494. The van der Waals surface area contributed by atoms with Gasteiger partial charge in [0.25, 0.3) is 0 Å². The summed E-state index contributed by atoms with van der Waals surface area (Å²) in [6.45, 7) is 1.96. The van der Waals surface area contributed by atoms with Crippen LogP contribution in [0.4, 0.5) is 13.6 Å². The molecule has 2 amide bonds. The lowest BCUT2D eigenvalue weighted by Crippen LogP contribution is -2.51. The molecule has 0 radical (unpaired) electrons. The molecule has 0 saturated carbocycles. The van der Waals surface area contributed by atoms with E-state index in [-0.39, 0.29) is 30.7 Å². The molecule has 0 aromatic heterocycles. The van der Waals surface area contributed by atoms with Crippen LogP contribution >= 0.6 is 0 Å². The van der Waals surface area contributed by atoms with E-state index in [1.807, 2.05) is 0 Å². The van der Waals surface area contributed by atoms with Gasteiger partial charge in [-0.2, -0.15) is 0 Å². The minimum absolute atomic E-state index is 0.0120. The molecule has 1 heterocycles. The number of nitrogens with one attached hydrogen (secondary N) is 1. The maximum absolute atomic E-state index is 13.5. The van der Waals surface area contributed by atoms with E-state index in [2.05, 4.69) is 5.32 Å². The maximum Gasteiger partial charge on any atom is 0.317 e. The normalized spacial score (nSPS) is 18.3. The summed E-state index contributed by atoms with van der Waals surface area (Å²) in [4.78, 5) is 13.7. The molecule has 122 valence electrons. The maximum atomic E-state index is 13.5. The van der Waals surface area contributed by atoms with Crippen LogP contribution in [0.5, 0.6) is 0 Å². The van der Waals surface area contributed by atoms with Gasteiger partial charge in [-0.05, 0) is 18.6 Å². The Bertz CT molecular complexity index is 491. The SMILES string of the molecule is COC[C@@H]1CN(C(=O)NCCc2c(F)cccc2F)CCO1. The number of carbonyl (C=O) groups is 1. The molecule has 1 N–H and O–H groups in total. The minimum Gasteiger partial charge on any atom is -0.382 e. The van der Waals surface area contributed by atoms with Crippen molar-refractivity contribution in [1.29, 1.82) is 0 Å². The second-order valence-corrected chi connectivity index (χ2v) is 5.08. The Hall–Kier alpha value is -1.73. The second-order valence-electron chi connectivity index (χ2n) is 5.08. The number of ether oxygens (including phenoxy) is 2. The molecule has 1 saturated heterocycles. The molecule has 1 fully saturated rings. The monoisotopic (exact) mass is 314 g/mol. The number of rotatable bonds is 5. The van der Waals surface area contributed by atoms with Crippen LogP contribution in [0.15, 0.2) is 18.2 Å². The first-order chi connectivity index (χ1) is 10.6. The van der Waals surface area contributed by atoms with E-state index >= 15 is 0 Å². The molecule has 0 spiro atoms. The number of urea groups is 1. The summed E-state index contributed by atoms with van der Waals surface area (Å²) in [5.41, 5.74) is -0.0120. The van der Waals surface area contributed by atoms with Crippen LogP contribution < -0.4 is 5.32 Å². The van der Waals surface area contributed by atoms with Crippen LogP contribution in [-0.2, 0) is 15.9 Å². The topological polar surface area (TPSA) is 50.8 Å². The van der Waals surface area contributed by atoms with Crippen LogP contribution in [0.1, 0.15) is 5.56 Å². The third-order valence-electron chi connectivity index (χ3n) is 3.49. The van der Waals surface area contributed by atoms with Gasteiger partial charge in [0.1, 0.15) is 11.6 Å². The Morgan fingerprint density at radius 2 is 2.18 bits per heavy atom. The number of halogens is 2. The van der Waals surface area contributed by atoms with Crippen molar-refractivity contribution in [1.82, 2.24) is 10.2 Å². The number of methoxy groups -OCH3 is 1. The summed E-state index contributed by atoms with van der Waals surface area (Å²) in [5, 5.41) is 2.68. The first kappa shape index (κ1) is 16.6. The predicted molar refractivity (Wildman–Crippen MR) is 76.6 cm³/mol. The highest BCUT2D eigenvalue weighted by Gasteiger charge is 2.23. The van der Waals surface area contributed by atoms with Gasteiger partial charge in [0, 0.05) is 25.8 Å². The summed E-state index contributed by atoms with van der Waals surface area (Å²) >= 11 is 0. The fraction of sp³-hybridized carbons (Fsp3) is 0.533. The first-order valence-corrected chi connectivity index (χ1v) is 7.18. The molecule has 0 unspecified atom stereocenters. The first-order valence-electron chi connectivity index (χ1n) is 7.18. The molecule has 2 rings (SSSR count). The average Bonchev–Trinajstić information content (AvgIpc) is 2.51. The summed E-state index contributed by atoms with van der Waals surface area (Å²) in [7, 11) is 1.57. The van der Waals surface area contributed by atoms with E-state index in [4.69, 9.17) is 9.47 Å². The zero-order valence-electron chi connectivity index (χ0n) is 12.5. The number of benzene rings is 1. The predicted octanol–water partition coefficient (Wildman–Crippen LogP) is 1.56.